The monoisotopic (exact) mass is 397 g/mol. The maximum atomic E-state index is 12.4. The normalized spacial score (nSPS) is 10.4. The number of anilines is 2. The molecule has 3 aromatic rings. The highest BCUT2D eigenvalue weighted by molar-refractivity contribution is 7.99. The molecule has 3 rings (SSSR count). The van der Waals surface area contributed by atoms with Crippen molar-refractivity contribution >= 4 is 35.0 Å². The van der Waals surface area contributed by atoms with Gasteiger partial charge < -0.3 is 5.32 Å². The lowest BCUT2D eigenvalue weighted by molar-refractivity contribution is -0.113. The van der Waals surface area contributed by atoms with Crippen LogP contribution < -0.4 is 15.8 Å². The Morgan fingerprint density at radius 1 is 1.11 bits per heavy atom. The molecule has 2 amide bonds. The maximum Gasteiger partial charge on any atom is 0.269 e. The van der Waals surface area contributed by atoms with Gasteiger partial charge in [-0.05, 0) is 46.8 Å². The topological polar surface area (TPSA) is 105 Å². The van der Waals surface area contributed by atoms with Crippen LogP contribution in [-0.4, -0.2) is 44.8 Å². The van der Waals surface area contributed by atoms with Crippen molar-refractivity contribution in [2.24, 2.45) is 7.05 Å². The van der Waals surface area contributed by atoms with E-state index in [0.29, 0.717) is 16.4 Å². The van der Waals surface area contributed by atoms with Crippen molar-refractivity contribution in [3.8, 4) is 0 Å². The van der Waals surface area contributed by atoms with E-state index < -0.39 is 0 Å². The van der Waals surface area contributed by atoms with Crippen molar-refractivity contribution in [2.75, 3.05) is 23.1 Å². The lowest BCUT2D eigenvalue weighted by atomic mass is 10.2. The molecule has 28 heavy (non-hydrogen) atoms. The molecule has 0 saturated heterocycles. The van der Waals surface area contributed by atoms with Gasteiger partial charge in [0.1, 0.15) is 0 Å². The summed E-state index contributed by atoms with van der Waals surface area (Å²) in [6.07, 6.45) is 0. The number of aryl methyl sites for hydroxylation is 1. The fourth-order valence-electron chi connectivity index (χ4n) is 2.31. The van der Waals surface area contributed by atoms with E-state index >= 15 is 0 Å². The molecule has 0 atom stereocenters. The molecule has 0 aliphatic heterocycles. The zero-order chi connectivity index (χ0) is 19.9. The highest BCUT2D eigenvalue weighted by atomic mass is 32.2. The Morgan fingerprint density at radius 2 is 1.82 bits per heavy atom. The quantitative estimate of drug-likeness (QED) is 0.462. The molecule has 0 aliphatic rings. The number of carbonyl (C=O) groups is 2. The minimum Gasteiger partial charge on any atom is -0.325 e. The number of hydrogen-bond donors (Lipinski definition) is 2. The fourth-order valence-corrected chi connectivity index (χ4v) is 2.96. The highest BCUT2D eigenvalue weighted by Crippen LogP contribution is 2.15. The maximum absolute atomic E-state index is 12.4. The van der Waals surface area contributed by atoms with E-state index in [0.717, 1.165) is 5.69 Å². The Kier molecular flexibility index (Phi) is 6.22. The average Bonchev–Trinajstić information content (AvgIpc) is 3.12. The lowest BCUT2D eigenvalue weighted by Crippen LogP contribution is -2.39. The Labute approximate surface area is 166 Å². The van der Waals surface area contributed by atoms with Crippen molar-refractivity contribution in [3.05, 3.63) is 60.2 Å². The number of aromatic nitrogens is 4. The third kappa shape index (κ3) is 5.07. The minimum absolute atomic E-state index is 0.179. The van der Waals surface area contributed by atoms with Gasteiger partial charge in [-0.3, -0.25) is 20.0 Å². The van der Waals surface area contributed by atoms with E-state index in [1.54, 1.807) is 43.4 Å². The van der Waals surface area contributed by atoms with Gasteiger partial charge in [-0.1, -0.05) is 30.0 Å². The molecule has 1 heterocycles. The molecule has 0 saturated carbocycles. The molecule has 9 nitrogen and oxygen atoms in total. The van der Waals surface area contributed by atoms with Crippen molar-refractivity contribution < 1.29 is 9.59 Å². The van der Waals surface area contributed by atoms with Crippen molar-refractivity contribution in [1.29, 1.82) is 0 Å². The summed E-state index contributed by atoms with van der Waals surface area (Å²) in [7, 11) is 3.48. The smallest absolute Gasteiger partial charge is 0.269 e. The average molecular weight is 397 g/mol. The molecule has 0 spiro atoms. The summed E-state index contributed by atoms with van der Waals surface area (Å²) in [6, 6.07) is 16.2. The van der Waals surface area contributed by atoms with E-state index in [1.807, 2.05) is 30.3 Å². The van der Waals surface area contributed by atoms with Gasteiger partial charge in [0.2, 0.25) is 11.1 Å². The summed E-state index contributed by atoms with van der Waals surface area (Å²) in [6.45, 7) is 0. The summed E-state index contributed by atoms with van der Waals surface area (Å²) < 4.78 is 1.50. The molecular weight excluding hydrogens is 378 g/mol. The molecular formula is C18H19N7O2S. The second kappa shape index (κ2) is 9.00. The summed E-state index contributed by atoms with van der Waals surface area (Å²) >= 11 is 1.24. The predicted molar refractivity (Wildman–Crippen MR) is 107 cm³/mol. The standard InChI is InChI=1S/C18H19N7O2S/c1-24(15-6-4-3-5-7-15)21-17(27)13-8-10-14(11-9-13)19-16(26)12-28-18-20-22-23-25(18)2/h3-11H,12H2,1-2H3,(H,19,26)(H,21,27). The third-order valence-electron chi connectivity index (χ3n) is 3.76. The number of thioether (sulfide) groups is 1. The molecule has 0 aliphatic carbocycles. The van der Waals surface area contributed by atoms with Gasteiger partial charge in [0.15, 0.2) is 0 Å². The molecule has 0 fully saturated rings. The summed E-state index contributed by atoms with van der Waals surface area (Å²) in [5, 5.41) is 16.0. The molecule has 0 unspecified atom stereocenters. The van der Waals surface area contributed by atoms with Crippen LogP contribution in [0.5, 0.6) is 0 Å². The largest absolute Gasteiger partial charge is 0.325 e. The minimum atomic E-state index is -0.241. The van der Waals surface area contributed by atoms with Gasteiger partial charge in [0, 0.05) is 25.3 Å². The summed E-state index contributed by atoms with van der Waals surface area (Å²) in [5.74, 6) is -0.248. The highest BCUT2D eigenvalue weighted by Gasteiger charge is 2.11. The van der Waals surface area contributed by atoms with Gasteiger partial charge >= 0.3 is 0 Å². The molecule has 144 valence electrons. The van der Waals surface area contributed by atoms with Crippen LogP contribution in [0.2, 0.25) is 0 Å². The van der Waals surface area contributed by atoms with Crippen LogP contribution in [0, 0.1) is 0 Å². The number of hydrogen-bond acceptors (Lipinski definition) is 7. The number of tetrazole rings is 1. The van der Waals surface area contributed by atoms with Crippen LogP contribution >= 0.6 is 11.8 Å². The Bertz CT molecular complexity index is 944. The van der Waals surface area contributed by atoms with E-state index in [1.165, 1.54) is 16.4 Å². The second-order valence-corrected chi connectivity index (χ2v) is 6.78. The van der Waals surface area contributed by atoms with Crippen molar-refractivity contribution in [2.45, 2.75) is 5.16 Å². The van der Waals surface area contributed by atoms with Gasteiger partial charge in [-0.2, -0.15) is 0 Å². The van der Waals surface area contributed by atoms with Gasteiger partial charge in [0.05, 0.1) is 11.4 Å². The number of nitrogens with one attached hydrogen (secondary N) is 2. The number of rotatable bonds is 7. The first-order chi connectivity index (χ1) is 13.5. The number of benzene rings is 2. The molecule has 0 bridgehead atoms. The zero-order valence-electron chi connectivity index (χ0n) is 15.4. The number of amides is 2. The van der Waals surface area contributed by atoms with E-state index in [2.05, 4.69) is 26.3 Å². The molecule has 0 radical (unpaired) electrons. The predicted octanol–water partition coefficient (Wildman–Crippen LogP) is 1.72. The third-order valence-corrected chi connectivity index (χ3v) is 4.77. The number of para-hydroxylation sites is 1. The molecule has 10 heteroatoms. The number of hydrazine groups is 1. The Balaban J connectivity index is 1.52. The molecule has 2 N–H and O–H groups in total. The molecule has 1 aromatic heterocycles. The van der Waals surface area contributed by atoms with Gasteiger partial charge in [0.25, 0.3) is 5.91 Å². The van der Waals surface area contributed by atoms with Crippen LogP contribution in [0.4, 0.5) is 11.4 Å². The van der Waals surface area contributed by atoms with Crippen LogP contribution in [0.3, 0.4) is 0 Å². The first-order valence-electron chi connectivity index (χ1n) is 8.38. The molecule has 2 aromatic carbocycles. The second-order valence-electron chi connectivity index (χ2n) is 5.83. The van der Waals surface area contributed by atoms with Gasteiger partial charge in [-0.25, -0.2) is 4.68 Å². The first kappa shape index (κ1) is 19.4. The van der Waals surface area contributed by atoms with Crippen molar-refractivity contribution in [3.63, 3.8) is 0 Å². The lowest BCUT2D eigenvalue weighted by Gasteiger charge is -2.20. The van der Waals surface area contributed by atoms with Crippen LogP contribution in [0.25, 0.3) is 0 Å². The van der Waals surface area contributed by atoms with Crippen LogP contribution in [0.15, 0.2) is 59.8 Å². The SMILES string of the molecule is CN(NC(=O)c1ccc(NC(=O)CSc2nnnn2C)cc1)c1ccccc1. The van der Waals surface area contributed by atoms with Crippen LogP contribution in [0.1, 0.15) is 10.4 Å². The van der Waals surface area contributed by atoms with Gasteiger partial charge in [-0.15, -0.1) is 5.10 Å². The Hall–Kier alpha value is -3.40. The van der Waals surface area contributed by atoms with Crippen LogP contribution in [-0.2, 0) is 11.8 Å². The first-order valence-corrected chi connectivity index (χ1v) is 9.36. The Morgan fingerprint density at radius 3 is 2.46 bits per heavy atom. The zero-order valence-corrected chi connectivity index (χ0v) is 16.2. The van der Waals surface area contributed by atoms with E-state index in [4.69, 9.17) is 0 Å². The summed E-state index contributed by atoms with van der Waals surface area (Å²) in [5.41, 5.74) is 4.76. The fraction of sp³-hybridized carbons (Fsp3) is 0.167. The van der Waals surface area contributed by atoms with Crippen molar-refractivity contribution in [1.82, 2.24) is 25.6 Å². The number of carbonyl (C=O) groups excluding carboxylic acids is 2. The van der Waals surface area contributed by atoms with E-state index in [-0.39, 0.29) is 17.6 Å². The number of nitrogens with zero attached hydrogens (tertiary/aromatic N) is 5. The van der Waals surface area contributed by atoms with E-state index in [9.17, 15) is 9.59 Å². The summed E-state index contributed by atoms with van der Waals surface area (Å²) in [4.78, 5) is 24.4.